The molecule has 9 nitrogen and oxygen atoms in total. The van der Waals surface area contributed by atoms with Crippen LogP contribution in [-0.2, 0) is 34.3 Å². The van der Waals surface area contributed by atoms with Gasteiger partial charge in [0.1, 0.15) is 5.75 Å². The lowest BCUT2D eigenvalue weighted by Crippen LogP contribution is -2.36. The van der Waals surface area contributed by atoms with Crippen molar-refractivity contribution in [3.63, 3.8) is 0 Å². The minimum absolute atomic E-state index is 0.196. The van der Waals surface area contributed by atoms with E-state index in [2.05, 4.69) is 11.7 Å². The molecule has 236 valence electrons. The Kier molecular flexibility index (Phi) is 8.12. The number of pyridine rings is 1. The molecule has 4 aromatic rings. The number of amides is 1. The number of carboxylic acid groups (broad SMARTS) is 1. The predicted molar refractivity (Wildman–Crippen MR) is 178 cm³/mol. The van der Waals surface area contributed by atoms with Gasteiger partial charge in [-0.1, -0.05) is 24.8 Å². The first kappa shape index (κ1) is 31.0. The van der Waals surface area contributed by atoms with Crippen LogP contribution in [0.25, 0.3) is 27.4 Å². The highest BCUT2D eigenvalue weighted by atomic mass is 16.5. The van der Waals surface area contributed by atoms with E-state index in [1.807, 2.05) is 83.4 Å². The Morgan fingerprint density at radius 2 is 1.98 bits per heavy atom. The highest BCUT2D eigenvalue weighted by Crippen LogP contribution is 2.41. The van der Waals surface area contributed by atoms with E-state index in [4.69, 9.17) is 14.5 Å². The Balaban J connectivity index is 1.55. The molecule has 1 amide bonds. The summed E-state index contributed by atoms with van der Waals surface area (Å²) in [7, 11) is 1.89. The minimum atomic E-state index is -1.33. The molecule has 0 bridgehead atoms. The summed E-state index contributed by atoms with van der Waals surface area (Å²) in [6.45, 7) is 12.9. The fourth-order valence-corrected chi connectivity index (χ4v) is 6.25. The number of fused-ring (bicyclic) bond motifs is 1. The van der Waals surface area contributed by atoms with Gasteiger partial charge in [0.05, 0.1) is 29.4 Å². The fourth-order valence-electron chi connectivity index (χ4n) is 6.25. The molecule has 0 fully saturated rings. The number of aliphatic carboxylic acids is 1. The van der Waals surface area contributed by atoms with Gasteiger partial charge in [0.25, 0.3) is 0 Å². The van der Waals surface area contributed by atoms with E-state index >= 15 is 0 Å². The standard InChI is InChI=1S/C37H38N4O5/c1-22-10-13-30(42)41(21-25-8-7-9-28-27(25)20-39-40(28)6)18-15-23(2)32(35(36(43)44)46-37(3,4)5)31(22)26-11-12-29-33-24(16-19-45-29)14-17-38-34(26)33/h7-15,17,20,35H,1,16,18-19,21H2,2-6H3,(H,43,44)/b13-10-,23-15-,32-31-/t35-/m0/s1. The summed E-state index contributed by atoms with van der Waals surface area (Å²) in [5, 5.41) is 16.9. The number of allylic oxidation sites excluding steroid dienone is 3. The lowest BCUT2D eigenvalue weighted by molar-refractivity contribution is -0.155. The molecule has 2 aromatic heterocycles. The topological polar surface area (TPSA) is 107 Å². The number of benzene rings is 2. The highest BCUT2D eigenvalue weighted by molar-refractivity contribution is 6.04. The number of aryl methyl sites for hydroxylation is 1. The van der Waals surface area contributed by atoms with E-state index in [-0.39, 0.29) is 12.5 Å². The van der Waals surface area contributed by atoms with Crippen LogP contribution in [0.1, 0.15) is 44.4 Å². The highest BCUT2D eigenvalue weighted by Gasteiger charge is 2.34. The average Bonchev–Trinajstić information content (AvgIpc) is 3.40. The second-order valence-corrected chi connectivity index (χ2v) is 12.7. The smallest absolute Gasteiger partial charge is 0.337 e. The maximum Gasteiger partial charge on any atom is 0.337 e. The number of carbonyl (C=O) groups is 2. The van der Waals surface area contributed by atoms with Gasteiger partial charge >= 0.3 is 5.97 Å². The molecular formula is C37H38N4O5. The molecule has 0 spiro atoms. The summed E-state index contributed by atoms with van der Waals surface area (Å²) >= 11 is 0. The molecule has 0 radical (unpaired) electrons. The Labute approximate surface area is 268 Å². The van der Waals surface area contributed by atoms with Crippen molar-refractivity contribution in [1.29, 1.82) is 0 Å². The summed E-state index contributed by atoms with van der Waals surface area (Å²) < 4.78 is 14.0. The van der Waals surface area contributed by atoms with E-state index in [0.717, 1.165) is 39.6 Å². The third-order valence-corrected chi connectivity index (χ3v) is 8.41. The molecule has 2 aliphatic rings. The maximum absolute atomic E-state index is 13.7. The van der Waals surface area contributed by atoms with Gasteiger partial charge in [-0.05, 0) is 85.9 Å². The van der Waals surface area contributed by atoms with Gasteiger partial charge in [-0.25, -0.2) is 4.79 Å². The first-order valence-corrected chi connectivity index (χ1v) is 15.3. The van der Waals surface area contributed by atoms with Crippen molar-refractivity contribution in [2.45, 2.75) is 52.4 Å². The second-order valence-electron chi connectivity index (χ2n) is 12.7. The first-order valence-electron chi connectivity index (χ1n) is 15.3. The van der Waals surface area contributed by atoms with Gasteiger partial charge < -0.3 is 19.5 Å². The largest absolute Gasteiger partial charge is 0.493 e. The van der Waals surface area contributed by atoms with Crippen molar-refractivity contribution in [2.24, 2.45) is 7.05 Å². The van der Waals surface area contributed by atoms with Gasteiger partial charge in [0, 0.05) is 60.7 Å². The Morgan fingerprint density at radius 3 is 2.74 bits per heavy atom. The number of aromatic nitrogens is 3. The van der Waals surface area contributed by atoms with Crippen molar-refractivity contribution in [1.82, 2.24) is 19.7 Å². The maximum atomic E-state index is 13.7. The zero-order chi connectivity index (χ0) is 32.7. The van der Waals surface area contributed by atoms with E-state index in [1.165, 1.54) is 6.08 Å². The van der Waals surface area contributed by atoms with Crippen LogP contribution in [-0.4, -0.2) is 61.5 Å². The van der Waals surface area contributed by atoms with Gasteiger partial charge in [-0.2, -0.15) is 5.10 Å². The molecule has 0 saturated carbocycles. The summed E-state index contributed by atoms with van der Waals surface area (Å²) in [6.07, 6.45) is 8.04. The molecule has 0 unspecified atom stereocenters. The van der Waals surface area contributed by atoms with Crippen molar-refractivity contribution in [3.05, 3.63) is 107 Å². The molecule has 1 atom stereocenters. The normalized spacial score (nSPS) is 19.9. The summed E-state index contributed by atoms with van der Waals surface area (Å²) in [4.78, 5) is 33.2. The quantitative estimate of drug-likeness (QED) is 0.275. The Bertz CT molecular complexity index is 1980. The SMILES string of the molecule is C=C1/C=C\C(=O)N(Cc2cccc3c2cnn3C)C/C=C(C)\C([C@H](OC(C)(C)C)C(=O)O)=C/1c1ccc2c3c(ccnc13)CCO2. The van der Waals surface area contributed by atoms with Crippen LogP contribution in [0.5, 0.6) is 5.75 Å². The number of carboxylic acids is 1. The van der Waals surface area contributed by atoms with E-state index in [1.54, 1.807) is 21.9 Å². The van der Waals surface area contributed by atoms with E-state index in [0.29, 0.717) is 46.5 Å². The summed E-state index contributed by atoms with van der Waals surface area (Å²) in [5.74, 6) is -0.587. The third-order valence-electron chi connectivity index (χ3n) is 8.41. The van der Waals surface area contributed by atoms with Crippen LogP contribution in [0, 0.1) is 0 Å². The predicted octanol–water partition coefficient (Wildman–Crippen LogP) is 6.18. The monoisotopic (exact) mass is 618 g/mol. The van der Waals surface area contributed by atoms with Crippen molar-refractivity contribution in [2.75, 3.05) is 13.2 Å². The number of carbonyl (C=O) groups excluding carboxylic acids is 1. The van der Waals surface area contributed by atoms with Crippen LogP contribution < -0.4 is 4.74 Å². The molecule has 0 saturated heterocycles. The van der Waals surface area contributed by atoms with Crippen LogP contribution in [0.3, 0.4) is 0 Å². The number of rotatable bonds is 6. The average molecular weight is 619 g/mol. The van der Waals surface area contributed by atoms with Crippen molar-refractivity contribution in [3.8, 4) is 5.75 Å². The van der Waals surface area contributed by atoms with Crippen molar-refractivity contribution < 1.29 is 24.2 Å². The third kappa shape index (κ3) is 5.86. The Morgan fingerprint density at radius 1 is 1.17 bits per heavy atom. The van der Waals surface area contributed by atoms with E-state index in [9.17, 15) is 14.7 Å². The van der Waals surface area contributed by atoms with Gasteiger partial charge in [0.2, 0.25) is 5.91 Å². The Hall–Kier alpha value is -5.02. The molecule has 1 N–H and O–H groups in total. The first-order chi connectivity index (χ1) is 21.9. The fraction of sp³-hybridized carbons (Fsp3) is 0.297. The van der Waals surface area contributed by atoms with Crippen LogP contribution in [0.4, 0.5) is 0 Å². The molecule has 2 aromatic carbocycles. The molecule has 6 rings (SSSR count). The zero-order valence-corrected chi connectivity index (χ0v) is 26.8. The summed E-state index contributed by atoms with van der Waals surface area (Å²) in [6, 6.07) is 11.7. The van der Waals surface area contributed by atoms with Gasteiger partial charge in [-0.3, -0.25) is 14.5 Å². The number of hydrogen-bond acceptors (Lipinski definition) is 6. The second kappa shape index (κ2) is 12.1. The van der Waals surface area contributed by atoms with Gasteiger partial charge in [-0.15, -0.1) is 0 Å². The molecule has 0 aliphatic carbocycles. The molecule has 46 heavy (non-hydrogen) atoms. The minimum Gasteiger partial charge on any atom is -0.493 e. The van der Waals surface area contributed by atoms with Crippen LogP contribution in [0.15, 0.2) is 90.3 Å². The molecule has 9 heteroatoms. The van der Waals surface area contributed by atoms with Gasteiger partial charge in [0.15, 0.2) is 6.10 Å². The molecule has 2 aliphatic heterocycles. The zero-order valence-electron chi connectivity index (χ0n) is 26.8. The van der Waals surface area contributed by atoms with Crippen LogP contribution >= 0.6 is 0 Å². The number of hydrogen-bond donors (Lipinski definition) is 1. The molecular weight excluding hydrogens is 580 g/mol. The number of nitrogens with zero attached hydrogens (tertiary/aromatic N) is 4. The summed E-state index contributed by atoms with van der Waals surface area (Å²) in [5.41, 5.74) is 5.79. The van der Waals surface area contributed by atoms with Crippen LogP contribution in [0.2, 0.25) is 0 Å². The molecule has 4 heterocycles. The lowest BCUT2D eigenvalue weighted by atomic mass is 9.84. The lowest BCUT2D eigenvalue weighted by Gasteiger charge is -2.30. The number of ether oxygens (including phenoxy) is 2. The van der Waals surface area contributed by atoms with Crippen molar-refractivity contribution >= 4 is 39.3 Å². The van der Waals surface area contributed by atoms with E-state index < -0.39 is 17.7 Å².